The third-order valence-electron chi connectivity index (χ3n) is 4.87. The highest BCUT2D eigenvalue weighted by molar-refractivity contribution is 6.01. The normalized spacial score (nSPS) is 20.8. The molecule has 0 unspecified atom stereocenters. The van der Waals surface area contributed by atoms with E-state index in [9.17, 15) is 4.39 Å². The van der Waals surface area contributed by atoms with E-state index >= 15 is 0 Å². The van der Waals surface area contributed by atoms with Crippen molar-refractivity contribution in [3.05, 3.63) is 95.6 Å². The highest BCUT2D eigenvalue weighted by Crippen LogP contribution is 2.47. The molecule has 0 radical (unpaired) electrons. The first-order valence-electron chi connectivity index (χ1n) is 8.57. The Kier molecular flexibility index (Phi) is 3.45. The summed E-state index contributed by atoms with van der Waals surface area (Å²) in [6, 6.07) is 18.6. The number of hydrogen-bond donors (Lipinski definition) is 0. The summed E-state index contributed by atoms with van der Waals surface area (Å²) in [5.74, 6) is 0.638. The molecule has 0 saturated heterocycles. The van der Waals surface area contributed by atoms with Gasteiger partial charge >= 0.3 is 0 Å². The predicted molar refractivity (Wildman–Crippen MR) is 96.2 cm³/mol. The van der Waals surface area contributed by atoms with Crippen LogP contribution in [-0.4, -0.2) is 15.7 Å². The van der Waals surface area contributed by atoms with Crippen LogP contribution in [-0.2, 0) is 0 Å². The van der Waals surface area contributed by atoms with Crippen LogP contribution in [0.4, 0.5) is 4.39 Å². The van der Waals surface area contributed by atoms with Crippen LogP contribution in [0.25, 0.3) is 0 Å². The number of nitrogens with zero attached hydrogens (tertiary/aromatic N) is 3. The topological polar surface area (TPSA) is 37.7 Å². The van der Waals surface area contributed by atoms with Gasteiger partial charge in [0.15, 0.2) is 0 Å². The monoisotopic (exact) mass is 345 g/mol. The van der Waals surface area contributed by atoms with Gasteiger partial charge in [-0.2, -0.15) is 5.10 Å². The molecule has 5 rings (SSSR count). The van der Waals surface area contributed by atoms with E-state index in [0.29, 0.717) is 0 Å². The van der Waals surface area contributed by atoms with Gasteiger partial charge in [0.1, 0.15) is 11.6 Å². The SMILES string of the molecule is Fc1ccc(C2=NN3[C@H](C2)c2ccccc2O[C@@H]3c2ccncc2)cc1. The number of hydrogen-bond acceptors (Lipinski definition) is 4. The van der Waals surface area contributed by atoms with Gasteiger partial charge < -0.3 is 4.74 Å². The van der Waals surface area contributed by atoms with Gasteiger partial charge in [0.2, 0.25) is 6.23 Å². The smallest absolute Gasteiger partial charge is 0.213 e. The molecule has 4 nitrogen and oxygen atoms in total. The summed E-state index contributed by atoms with van der Waals surface area (Å²) in [7, 11) is 0. The number of hydrazone groups is 1. The second kappa shape index (κ2) is 5.95. The number of rotatable bonds is 2. The summed E-state index contributed by atoms with van der Waals surface area (Å²) in [6.45, 7) is 0. The first-order chi connectivity index (χ1) is 12.8. The number of ether oxygens (including phenoxy) is 1. The third kappa shape index (κ3) is 2.44. The van der Waals surface area contributed by atoms with Crippen molar-refractivity contribution in [2.75, 3.05) is 0 Å². The second-order valence-electron chi connectivity index (χ2n) is 6.44. The van der Waals surface area contributed by atoms with Gasteiger partial charge in [-0.25, -0.2) is 9.40 Å². The van der Waals surface area contributed by atoms with E-state index in [1.807, 2.05) is 35.3 Å². The maximum Gasteiger partial charge on any atom is 0.213 e. The van der Waals surface area contributed by atoms with Crippen molar-refractivity contribution in [1.82, 2.24) is 9.99 Å². The Morgan fingerprint density at radius 1 is 0.962 bits per heavy atom. The van der Waals surface area contributed by atoms with Crippen LogP contribution in [0, 0.1) is 5.82 Å². The minimum absolute atomic E-state index is 0.0955. The molecule has 26 heavy (non-hydrogen) atoms. The Morgan fingerprint density at radius 2 is 1.73 bits per heavy atom. The quantitative estimate of drug-likeness (QED) is 0.688. The fraction of sp³-hybridized carbons (Fsp3) is 0.143. The van der Waals surface area contributed by atoms with Gasteiger partial charge in [0, 0.05) is 29.9 Å². The predicted octanol–water partition coefficient (Wildman–Crippen LogP) is 4.46. The van der Waals surface area contributed by atoms with Crippen LogP contribution in [0.15, 0.2) is 78.2 Å². The lowest BCUT2D eigenvalue weighted by Gasteiger charge is -2.38. The highest BCUT2D eigenvalue weighted by Gasteiger charge is 2.40. The van der Waals surface area contributed by atoms with Crippen molar-refractivity contribution in [1.29, 1.82) is 0 Å². The zero-order valence-electron chi connectivity index (χ0n) is 13.9. The lowest BCUT2D eigenvalue weighted by molar-refractivity contribution is -0.0190. The fourth-order valence-corrected chi connectivity index (χ4v) is 3.60. The molecule has 2 aliphatic rings. The van der Waals surface area contributed by atoms with E-state index in [4.69, 9.17) is 9.84 Å². The molecule has 0 spiro atoms. The molecule has 5 heteroatoms. The Labute approximate surface area is 150 Å². The lowest BCUT2D eigenvalue weighted by Crippen LogP contribution is -2.33. The molecule has 0 saturated carbocycles. The van der Waals surface area contributed by atoms with Crippen molar-refractivity contribution < 1.29 is 9.13 Å². The van der Waals surface area contributed by atoms with Gasteiger partial charge in [0.05, 0.1) is 11.8 Å². The van der Waals surface area contributed by atoms with Crippen molar-refractivity contribution in [3.63, 3.8) is 0 Å². The molecule has 2 atom stereocenters. The zero-order valence-corrected chi connectivity index (χ0v) is 13.9. The highest BCUT2D eigenvalue weighted by atomic mass is 19.1. The Morgan fingerprint density at radius 3 is 2.54 bits per heavy atom. The largest absolute Gasteiger partial charge is 0.464 e. The molecule has 128 valence electrons. The van der Waals surface area contributed by atoms with E-state index in [-0.39, 0.29) is 18.1 Å². The zero-order chi connectivity index (χ0) is 17.5. The average Bonchev–Trinajstić information content (AvgIpc) is 3.14. The molecule has 2 aromatic carbocycles. The third-order valence-corrected chi connectivity index (χ3v) is 4.87. The van der Waals surface area contributed by atoms with Gasteiger partial charge in [-0.3, -0.25) is 4.98 Å². The van der Waals surface area contributed by atoms with E-state index in [0.717, 1.165) is 34.6 Å². The number of halogens is 1. The molecule has 2 aliphatic heterocycles. The molecule has 0 bridgehead atoms. The molecule has 0 fully saturated rings. The van der Waals surface area contributed by atoms with E-state index < -0.39 is 0 Å². The van der Waals surface area contributed by atoms with E-state index in [1.54, 1.807) is 24.5 Å². The number of fused-ring (bicyclic) bond motifs is 3. The summed E-state index contributed by atoms with van der Waals surface area (Å²) in [6.07, 6.45) is 3.97. The first-order valence-corrected chi connectivity index (χ1v) is 8.57. The van der Waals surface area contributed by atoms with Crippen LogP contribution < -0.4 is 4.74 Å². The summed E-state index contributed by atoms with van der Waals surface area (Å²) in [5, 5.41) is 6.86. The molecule has 0 aliphatic carbocycles. The van der Waals surface area contributed by atoms with Crippen LogP contribution in [0.5, 0.6) is 5.75 Å². The molecule has 1 aromatic heterocycles. The minimum atomic E-state index is -0.309. The number of pyridine rings is 1. The molecule has 0 N–H and O–H groups in total. The summed E-state index contributed by atoms with van der Waals surface area (Å²) >= 11 is 0. The summed E-state index contributed by atoms with van der Waals surface area (Å²) < 4.78 is 19.5. The second-order valence-corrected chi connectivity index (χ2v) is 6.44. The van der Waals surface area contributed by atoms with Gasteiger partial charge in [-0.05, 0) is 35.9 Å². The summed E-state index contributed by atoms with van der Waals surface area (Å²) in [4.78, 5) is 4.10. The van der Waals surface area contributed by atoms with E-state index in [2.05, 4.69) is 11.1 Å². The van der Waals surface area contributed by atoms with Crippen LogP contribution in [0.2, 0.25) is 0 Å². The Bertz CT molecular complexity index is 972. The van der Waals surface area contributed by atoms with Crippen molar-refractivity contribution in [3.8, 4) is 5.75 Å². The van der Waals surface area contributed by atoms with E-state index in [1.165, 1.54) is 12.1 Å². The van der Waals surface area contributed by atoms with Gasteiger partial charge in [-0.1, -0.05) is 30.3 Å². The minimum Gasteiger partial charge on any atom is -0.464 e. The number of benzene rings is 2. The fourth-order valence-electron chi connectivity index (χ4n) is 3.60. The Hall–Kier alpha value is -3.21. The molecular weight excluding hydrogens is 329 g/mol. The van der Waals surface area contributed by atoms with Crippen LogP contribution >= 0.6 is 0 Å². The number of para-hydroxylation sites is 1. The molecule has 3 aromatic rings. The van der Waals surface area contributed by atoms with Gasteiger partial charge in [-0.15, -0.1) is 0 Å². The van der Waals surface area contributed by atoms with Crippen LogP contribution in [0.3, 0.4) is 0 Å². The van der Waals surface area contributed by atoms with Crippen LogP contribution in [0.1, 0.15) is 35.4 Å². The van der Waals surface area contributed by atoms with Crippen molar-refractivity contribution in [2.24, 2.45) is 5.10 Å². The number of aromatic nitrogens is 1. The molecule has 3 heterocycles. The first kappa shape index (κ1) is 15.1. The van der Waals surface area contributed by atoms with Gasteiger partial charge in [0.25, 0.3) is 0 Å². The standard InChI is InChI=1S/C21H16FN3O/c22-16-7-5-14(6-8-16)18-13-19-17-3-1-2-4-20(17)26-21(25(19)24-18)15-9-11-23-12-10-15/h1-12,19,21H,13H2/t19-,21-/m1/s1. The Balaban J connectivity index is 1.59. The van der Waals surface area contributed by atoms with Crippen molar-refractivity contribution >= 4 is 5.71 Å². The maximum absolute atomic E-state index is 13.3. The van der Waals surface area contributed by atoms with Crippen molar-refractivity contribution in [2.45, 2.75) is 18.7 Å². The lowest BCUT2D eigenvalue weighted by atomic mass is 9.96. The molecule has 0 amide bonds. The molecular formula is C21H16FN3O. The average molecular weight is 345 g/mol. The summed E-state index contributed by atoms with van der Waals surface area (Å²) in [5.41, 5.74) is 4.00. The maximum atomic E-state index is 13.3.